The zero-order valence-corrected chi connectivity index (χ0v) is 18.4. The van der Waals surface area contributed by atoms with Gasteiger partial charge in [-0.1, -0.05) is 36.4 Å². The monoisotopic (exact) mass is 434 g/mol. The molecule has 0 aliphatic carbocycles. The minimum atomic E-state index is -0.0745. The standard InChI is InChI=1S/C27H22N4O2/c1-30-13-12-19-14-20(8-10-22(19)27(30)33)25-16-28-23-11-9-21(15-24(23)29-25)26(32)31(2)17-18-6-4-3-5-7-18/h3-16H,17H2,1-2H3. The minimum Gasteiger partial charge on any atom is -0.337 e. The largest absolute Gasteiger partial charge is 0.337 e. The van der Waals surface area contributed by atoms with Gasteiger partial charge in [-0.05, 0) is 47.3 Å². The van der Waals surface area contributed by atoms with Crippen molar-refractivity contribution in [2.75, 3.05) is 7.05 Å². The second kappa shape index (κ2) is 8.31. The Hall–Kier alpha value is -4.32. The van der Waals surface area contributed by atoms with E-state index in [0.717, 1.165) is 22.0 Å². The molecule has 5 rings (SSSR count). The summed E-state index contributed by atoms with van der Waals surface area (Å²) >= 11 is 0. The van der Waals surface area contributed by atoms with Crippen LogP contribution in [0.2, 0.25) is 0 Å². The number of aromatic nitrogens is 3. The van der Waals surface area contributed by atoms with Crippen LogP contribution in [-0.2, 0) is 13.6 Å². The average molecular weight is 434 g/mol. The number of carbonyl (C=O) groups excluding carboxylic acids is 1. The predicted molar refractivity (Wildman–Crippen MR) is 130 cm³/mol. The Kier molecular flexibility index (Phi) is 5.18. The first-order valence-electron chi connectivity index (χ1n) is 10.7. The molecule has 0 atom stereocenters. The molecule has 0 aliphatic heterocycles. The van der Waals surface area contributed by atoms with Crippen molar-refractivity contribution in [3.05, 3.63) is 107 Å². The molecule has 1 amide bonds. The van der Waals surface area contributed by atoms with Crippen LogP contribution in [0, 0.1) is 0 Å². The summed E-state index contributed by atoms with van der Waals surface area (Å²) in [7, 11) is 3.53. The Labute approximate surface area is 190 Å². The fourth-order valence-electron chi connectivity index (χ4n) is 3.94. The number of carbonyl (C=O) groups is 1. The first kappa shape index (κ1) is 20.6. The molecule has 0 saturated carbocycles. The maximum absolute atomic E-state index is 13.0. The van der Waals surface area contributed by atoms with Crippen LogP contribution in [0.3, 0.4) is 0 Å². The third-order valence-corrected chi connectivity index (χ3v) is 5.77. The van der Waals surface area contributed by atoms with Gasteiger partial charge in [0.05, 0.1) is 22.9 Å². The summed E-state index contributed by atoms with van der Waals surface area (Å²) < 4.78 is 1.56. The topological polar surface area (TPSA) is 68.1 Å². The molecular formula is C27H22N4O2. The molecule has 0 saturated heterocycles. The number of pyridine rings is 1. The van der Waals surface area contributed by atoms with Crippen LogP contribution >= 0.6 is 0 Å². The molecule has 0 radical (unpaired) electrons. The van der Waals surface area contributed by atoms with Crippen molar-refractivity contribution in [2.24, 2.45) is 7.05 Å². The molecule has 6 nitrogen and oxygen atoms in total. The van der Waals surface area contributed by atoms with Gasteiger partial charge < -0.3 is 9.47 Å². The van der Waals surface area contributed by atoms with Crippen molar-refractivity contribution < 1.29 is 4.79 Å². The van der Waals surface area contributed by atoms with Crippen molar-refractivity contribution in [1.29, 1.82) is 0 Å². The van der Waals surface area contributed by atoms with E-state index in [1.54, 1.807) is 48.1 Å². The molecule has 2 aromatic heterocycles. The Morgan fingerprint density at radius 3 is 2.61 bits per heavy atom. The van der Waals surface area contributed by atoms with E-state index in [2.05, 4.69) is 4.98 Å². The summed E-state index contributed by atoms with van der Waals surface area (Å²) in [5.41, 5.74) is 4.52. The van der Waals surface area contributed by atoms with Crippen molar-refractivity contribution in [3.63, 3.8) is 0 Å². The molecule has 0 N–H and O–H groups in total. The molecule has 162 valence electrons. The van der Waals surface area contributed by atoms with Crippen LogP contribution in [0.1, 0.15) is 15.9 Å². The van der Waals surface area contributed by atoms with E-state index in [9.17, 15) is 9.59 Å². The van der Waals surface area contributed by atoms with E-state index >= 15 is 0 Å². The van der Waals surface area contributed by atoms with E-state index in [1.807, 2.05) is 60.7 Å². The lowest BCUT2D eigenvalue weighted by molar-refractivity contribution is 0.0785. The molecular weight excluding hydrogens is 412 g/mol. The van der Waals surface area contributed by atoms with Crippen LogP contribution < -0.4 is 5.56 Å². The van der Waals surface area contributed by atoms with Crippen molar-refractivity contribution in [1.82, 2.24) is 19.4 Å². The SMILES string of the molecule is CN(Cc1ccccc1)C(=O)c1ccc2ncc(-c3ccc4c(=O)n(C)ccc4c3)nc2c1. The van der Waals surface area contributed by atoms with Gasteiger partial charge in [-0.25, -0.2) is 4.98 Å². The molecule has 0 unspecified atom stereocenters. The lowest BCUT2D eigenvalue weighted by Gasteiger charge is -2.17. The van der Waals surface area contributed by atoms with Crippen molar-refractivity contribution in [3.8, 4) is 11.3 Å². The molecule has 0 bridgehead atoms. The highest BCUT2D eigenvalue weighted by atomic mass is 16.2. The molecule has 0 aliphatic rings. The molecule has 5 aromatic rings. The molecule has 0 fully saturated rings. The number of nitrogens with zero attached hydrogens (tertiary/aromatic N) is 4. The normalized spacial score (nSPS) is 11.1. The third kappa shape index (κ3) is 3.99. The number of benzene rings is 3. The summed E-state index contributed by atoms with van der Waals surface area (Å²) in [5.74, 6) is -0.0745. The van der Waals surface area contributed by atoms with Gasteiger partial charge in [0.25, 0.3) is 11.5 Å². The minimum absolute atomic E-state index is 0.0357. The predicted octanol–water partition coefficient (Wildman–Crippen LogP) is 4.42. The van der Waals surface area contributed by atoms with E-state index in [1.165, 1.54) is 0 Å². The number of hydrogen-bond donors (Lipinski definition) is 0. The highest BCUT2D eigenvalue weighted by molar-refractivity contribution is 5.97. The summed E-state index contributed by atoms with van der Waals surface area (Å²) in [6.07, 6.45) is 3.47. The van der Waals surface area contributed by atoms with Gasteiger partial charge >= 0.3 is 0 Å². The van der Waals surface area contributed by atoms with E-state index in [4.69, 9.17) is 4.98 Å². The van der Waals surface area contributed by atoms with Crippen molar-refractivity contribution in [2.45, 2.75) is 6.54 Å². The smallest absolute Gasteiger partial charge is 0.258 e. The van der Waals surface area contributed by atoms with Gasteiger partial charge in [-0.3, -0.25) is 14.6 Å². The fourth-order valence-corrected chi connectivity index (χ4v) is 3.94. The summed E-state index contributed by atoms with van der Waals surface area (Å²) in [6, 6.07) is 22.8. The Bertz CT molecular complexity index is 1560. The highest BCUT2D eigenvalue weighted by Gasteiger charge is 2.14. The van der Waals surface area contributed by atoms with Gasteiger partial charge in [0.1, 0.15) is 0 Å². The van der Waals surface area contributed by atoms with Gasteiger partial charge in [-0.15, -0.1) is 0 Å². The van der Waals surface area contributed by atoms with Crippen LogP contribution in [0.4, 0.5) is 0 Å². The second-order valence-electron chi connectivity index (χ2n) is 8.14. The Morgan fingerprint density at radius 1 is 0.970 bits per heavy atom. The van der Waals surface area contributed by atoms with E-state index in [0.29, 0.717) is 28.7 Å². The second-order valence-corrected chi connectivity index (χ2v) is 8.14. The molecule has 6 heteroatoms. The lowest BCUT2D eigenvalue weighted by Crippen LogP contribution is -2.26. The fraction of sp³-hybridized carbons (Fsp3) is 0.111. The summed E-state index contributed by atoms with van der Waals surface area (Å²) in [6.45, 7) is 0.528. The molecule has 33 heavy (non-hydrogen) atoms. The van der Waals surface area contributed by atoms with E-state index < -0.39 is 0 Å². The van der Waals surface area contributed by atoms with Gasteiger partial charge in [0.2, 0.25) is 0 Å². The zero-order chi connectivity index (χ0) is 22.9. The van der Waals surface area contributed by atoms with Crippen LogP contribution in [0.25, 0.3) is 33.1 Å². The quantitative estimate of drug-likeness (QED) is 0.420. The molecule has 0 spiro atoms. The third-order valence-electron chi connectivity index (χ3n) is 5.77. The average Bonchev–Trinajstić information content (AvgIpc) is 2.85. The number of hydrogen-bond acceptors (Lipinski definition) is 4. The molecule has 3 aromatic carbocycles. The van der Waals surface area contributed by atoms with E-state index in [-0.39, 0.29) is 11.5 Å². The Balaban J connectivity index is 1.48. The molecule has 2 heterocycles. The Morgan fingerprint density at radius 2 is 1.79 bits per heavy atom. The summed E-state index contributed by atoms with van der Waals surface area (Å²) in [4.78, 5) is 36.3. The first-order chi connectivity index (χ1) is 16.0. The van der Waals surface area contributed by atoms with Gasteiger partial charge in [0.15, 0.2) is 0 Å². The van der Waals surface area contributed by atoms with Gasteiger partial charge in [-0.2, -0.15) is 0 Å². The van der Waals surface area contributed by atoms with Crippen LogP contribution in [0.5, 0.6) is 0 Å². The number of fused-ring (bicyclic) bond motifs is 2. The maximum Gasteiger partial charge on any atom is 0.258 e. The van der Waals surface area contributed by atoms with Crippen molar-refractivity contribution >= 4 is 27.7 Å². The lowest BCUT2D eigenvalue weighted by atomic mass is 10.1. The summed E-state index contributed by atoms with van der Waals surface area (Å²) in [5, 5.41) is 1.51. The van der Waals surface area contributed by atoms with Crippen LogP contribution in [-0.4, -0.2) is 32.4 Å². The number of amides is 1. The first-order valence-corrected chi connectivity index (χ1v) is 10.7. The van der Waals surface area contributed by atoms with Gasteiger partial charge in [0, 0.05) is 43.4 Å². The maximum atomic E-state index is 13.0. The number of rotatable bonds is 4. The zero-order valence-electron chi connectivity index (χ0n) is 18.4. The number of aryl methyl sites for hydroxylation is 1. The van der Waals surface area contributed by atoms with Crippen LogP contribution in [0.15, 0.2) is 90.0 Å². The highest BCUT2D eigenvalue weighted by Crippen LogP contribution is 2.23.